The zero-order valence-electron chi connectivity index (χ0n) is 10.4. The molecule has 4 heterocycles. The van der Waals surface area contributed by atoms with E-state index in [-0.39, 0.29) is 0 Å². The topological polar surface area (TPSA) is 58.4 Å². The summed E-state index contributed by atoms with van der Waals surface area (Å²) in [5.41, 5.74) is 0.877. The van der Waals surface area contributed by atoms with E-state index in [2.05, 4.69) is 25.4 Å². The lowest BCUT2D eigenvalue weighted by Crippen LogP contribution is -2.35. The first-order valence-corrected chi connectivity index (χ1v) is 6.48. The molecule has 2 atom stereocenters. The van der Waals surface area contributed by atoms with E-state index in [0.29, 0.717) is 6.04 Å². The third-order valence-electron chi connectivity index (χ3n) is 4.20. The number of hydrogen-bond donors (Lipinski definition) is 1. The van der Waals surface area contributed by atoms with Gasteiger partial charge in [0.2, 0.25) is 5.65 Å². The monoisotopic (exact) mass is 244 g/mol. The van der Waals surface area contributed by atoms with Crippen molar-refractivity contribution < 1.29 is 0 Å². The van der Waals surface area contributed by atoms with Crippen LogP contribution in [0.25, 0.3) is 5.65 Å². The van der Waals surface area contributed by atoms with E-state index in [9.17, 15) is 0 Å². The minimum Gasteiger partial charge on any atom is -0.349 e. The highest BCUT2D eigenvalue weighted by Gasteiger charge is 2.39. The molecule has 2 saturated heterocycles. The van der Waals surface area contributed by atoms with E-state index < -0.39 is 0 Å². The van der Waals surface area contributed by atoms with Crippen LogP contribution in [0.3, 0.4) is 0 Å². The van der Waals surface area contributed by atoms with Crippen LogP contribution in [0.2, 0.25) is 0 Å². The second kappa shape index (κ2) is 3.65. The molecule has 2 fully saturated rings. The van der Waals surface area contributed by atoms with Gasteiger partial charge in [0.15, 0.2) is 5.82 Å². The summed E-state index contributed by atoms with van der Waals surface area (Å²) in [4.78, 5) is 6.93. The Balaban J connectivity index is 1.82. The van der Waals surface area contributed by atoms with Gasteiger partial charge in [-0.05, 0) is 19.3 Å². The molecule has 6 nitrogen and oxygen atoms in total. The number of anilines is 1. The van der Waals surface area contributed by atoms with E-state index in [4.69, 9.17) is 0 Å². The van der Waals surface area contributed by atoms with E-state index in [1.54, 1.807) is 0 Å². The molecule has 94 valence electrons. The third-order valence-corrected chi connectivity index (χ3v) is 4.20. The molecule has 0 saturated carbocycles. The van der Waals surface area contributed by atoms with Crippen LogP contribution in [0.5, 0.6) is 0 Å². The van der Waals surface area contributed by atoms with E-state index in [1.807, 2.05) is 23.7 Å². The number of aromatic nitrogens is 4. The smallest absolute Gasteiger partial charge is 0.203 e. The largest absolute Gasteiger partial charge is 0.349 e. The Morgan fingerprint density at radius 1 is 1.33 bits per heavy atom. The summed E-state index contributed by atoms with van der Waals surface area (Å²) >= 11 is 0. The van der Waals surface area contributed by atoms with Crippen LogP contribution >= 0.6 is 0 Å². The summed E-state index contributed by atoms with van der Waals surface area (Å²) in [6.07, 6.45) is 5.01. The van der Waals surface area contributed by atoms with Gasteiger partial charge in [-0.25, -0.2) is 4.98 Å². The number of nitrogens with one attached hydrogen (secondary N) is 1. The summed E-state index contributed by atoms with van der Waals surface area (Å²) < 4.78 is 2.01. The average molecular weight is 244 g/mol. The van der Waals surface area contributed by atoms with Gasteiger partial charge in [-0.2, -0.15) is 0 Å². The SMILES string of the molecule is Cc1nnc2c(N3CC[C@H]4CNC[C@H]43)nccn12. The zero-order chi connectivity index (χ0) is 12.1. The number of nitrogens with zero attached hydrogens (tertiary/aromatic N) is 5. The highest BCUT2D eigenvalue weighted by atomic mass is 15.3. The van der Waals surface area contributed by atoms with Crippen molar-refractivity contribution in [3.63, 3.8) is 0 Å². The predicted molar refractivity (Wildman–Crippen MR) is 67.6 cm³/mol. The Morgan fingerprint density at radius 3 is 3.22 bits per heavy atom. The van der Waals surface area contributed by atoms with E-state index in [0.717, 1.165) is 42.8 Å². The summed E-state index contributed by atoms with van der Waals surface area (Å²) in [5.74, 6) is 2.65. The molecule has 2 aromatic heterocycles. The summed E-state index contributed by atoms with van der Waals surface area (Å²) in [6, 6.07) is 0.570. The van der Waals surface area contributed by atoms with Crippen molar-refractivity contribution in [2.45, 2.75) is 19.4 Å². The van der Waals surface area contributed by atoms with Gasteiger partial charge < -0.3 is 10.2 Å². The molecule has 0 spiro atoms. The normalized spacial score (nSPS) is 27.1. The van der Waals surface area contributed by atoms with Crippen molar-refractivity contribution in [3.8, 4) is 0 Å². The van der Waals surface area contributed by atoms with Gasteiger partial charge in [-0.15, -0.1) is 10.2 Å². The van der Waals surface area contributed by atoms with Crippen molar-refractivity contribution >= 4 is 11.5 Å². The molecule has 2 aromatic rings. The van der Waals surface area contributed by atoms with Gasteiger partial charge in [-0.3, -0.25) is 4.40 Å². The molecular formula is C12H16N6. The van der Waals surface area contributed by atoms with Gasteiger partial charge >= 0.3 is 0 Å². The van der Waals surface area contributed by atoms with E-state index in [1.165, 1.54) is 6.42 Å². The Morgan fingerprint density at radius 2 is 2.28 bits per heavy atom. The highest BCUT2D eigenvalue weighted by molar-refractivity contribution is 5.65. The first-order chi connectivity index (χ1) is 8.84. The maximum atomic E-state index is 4.54. The number of hydrogen-bond acceptors (Lipinski definition) is 5. The van der Waals surface area contributed by atoms with Crippen LogP contribution < -0.4 is 10.2 Å². The Hall–Kier alpha value is -1.69. The maximum Gasteiger partial charge on any atom is 0.203 e. The molecule has 0 bridgehead atoms. The lowest BCUT2D eigenvalue weighted by molar-refractivity contribution is 0.577. The molecule has 0 aliphatic carbocycles. The van der Waals surface area contributed by atoms with Crippen molar-refractivity contribution in [1.29, 1.82) is 0 Å². The van der Waals surface area contributed by atoms with Crippen LogP contribution in [-0.4, -0.2) is 45.3 Å². The highest BCUT2D eigenvalue weighted by Crippen LogP contribution is 2.32. The van der Waals surface area contributed by atoms with E-state index >= 15 is 0 Å². The average Bonchev–Trinajstić information content (AvgIpc) is 3.04. The van der Waals surface area contributed by atoms with Crippen LogP contribution in [0.15, 0.2) is 12.4 Å². The molecule has 2 aliphatic rings. The fourth-order valence-corrected chi connectivity index (χ4v) is 3.24. The Bertz CT molecular complexity index is 591. The van der Waals surface area contributed by atoms with Crippen molar-refractivity contribution in [2.24, 2.45) is 5.92 Å². The first kappa shape index (κ1) is 10.3. The second-order valence-electron chi connectivity index (χ2n) is 5.16. The molecule has 1 N–H and O–H groups in total. The molecular weight excluding hydrogens is 228 g/mol. The second-order valence-corrected chi connectivity index (χ2v) is 5.16. The predicted octanol–water partition coefficient (Wildman–Crippen LogP) is 0.231. The fourth-order valence-electron chi connectivity index (χ4n) is 3.24. The zero-order valence-corrected chi connectivity index (χ0v) is 10.4. The lowest BCUT2D eigenvalue weighted by atomic mass is 10.1. The quantitative estimate of drug-likeness (QED) is 0.778. The van der Waals surface area contributed by atoms with Crippen molar-refractivity contribution in [1.82, 2.24) is 24.9 Å². The van der Waals surface area contributed by atoms with Gasteiger partial charge in [0, 0.05) is 38.1 Å². The molecule has 2 aliphatic heterocycles. The van der Waals surface area contributed by atoms with Gasteiger partial charge in [-0.1, -0.05) is 0 Å². The van der Waals surface area contributed by atoms with Gasteiger partial charge in [0.05, 0.1) is 0 Å². The summed E-state index contributed by atoms with van der Waals surface area (Å²) in [7, 11) is 0. The number of aryl methyl sites for hydroxylation is 1. The molecule has 0 unspecified atom stereocenters. The lowest BCUT2D eigenvalue weighted by Gasteiger charge is -2.24. The number of rotatable bonds is 1. The summed E-state index contributed by atoms with van der Waals surface area (Å²) in [6.45, 7) is 5.24. The Labute approximate surface area is 105 Å². The van der Waals surface area contributed by atoms with Crippen LogP contribution in [-0.2, 0) is 0 Å². The fraction of sp³-hybridized carbons (Fsp3) is 0.583. The standard InChI is InChI=1S/C12H16N6/c1-8-15-16-12-11(14-3-5-17(8)12)18-4-2-9-6-13-7-10(9)18/h3,5,9-10,13H,2,4,6-7H2,1H3/t9-,10+/m0/s1. The molecule has 0 radical (unpaired) electrons. The molecule has 0 aromatic carbocycles. The van der Waals surface area contributed by atoms with Crippen molar-refractivity contribution in [3.05, 3.63) is 18.2 Å². The number of fused-ring (bicyclic) bond motifs is 2. The Kier molecular flexibility index (Phi) is 2.08. The molecule has 0 amide bonds. The van der Waals surface area contributed by atoms with Gasteiger partial charge in [0.1, 0.15) is 5.82 Å². The van der Waals surface area contributed by atoms with Crippen molar-refractivity contribution in [2.75, 3.05) is 24.5 Å². The van der Waals surface area contributed by atoms with Crippen LogP contribution in [0, 0.1) is 12.8 Å². The molecule has 6 heteroatoms. The summed E-state index contributed by atoms with van der Waals surface area (Å²) in [5, 5.41) is 11.9. The third kappa shape index (κ3) is 1.29. The minimum atomic E-state index is 0.570. The minimum absolute atomic E-state index is 0.570. The molecule has 4 rings (SSSR count). The van der Waals surface area contributed by atoms with Gasteiger partial charge in [0.25, 0.3) is 0 Å². The first-order valence-electron chi connectivity index (χ1n) is 6.48. The van der Waals surface area contributed by atoms with Crippen LogP contribution in [0.1, 0.15) is 12.2 Å². The van der Waals surface area contributed by atoms with Crippen LogP contribution in [0.4, 0.5) is 5.82 Å². The molecule has 18 heavy (non-hydrogen) atoms. The maximum absolute atomic E-state index is 4.54.